The van der Waals surface area contributed by atoms with Gasteiger partial charge >= 0.3 is 0 Å². The Morgan fingerprint density at radius 1 is 1.00 bits per heavy atom. The molecule has 154 valence electrons. The van der Waals surface area contributed by atoms with Crippen LogP contribution in [-0.2, 0) is 16.1 Å². The minimum absolute atomic E-state index is 0.235. The lowest BCUT2D eigenvalue weighted by molar-refractivity contribution is -0.115. The van der Waals surface area contributed by atoms with Gasteiger partial charge in [0.25, 0.3) is 5.91 Å². The molecule has 1 aromatic heterocycles. The van der Waals surface area contributed by atoms with Crippen LogP contribution in [0.3, 0.4) is 0 Å². The highest BCUT2D eigenvalue weighted by Gasteiger charge is 2.29. The van der Waals surface area contributed by atoms with Crippen LogP contribution in [-0.4, -0.2) is 21.6 Å². The molecule has 2 N–H and O–H groups in total. The molecular weight excluding hydrogens is 388 g/mol. The van der Waals surface area contributed by atoms with E-state index in [9.17, 15) is 4.79 Å². The van der Waals surface area contributed by atoms with Gasteiger partial charge in [-0.1, -0.05) is 78.0 Å². The standard InChI is InChI=1S/C25H22N4O2/c30-25(22-16-23(31-29-22)18-11-5-2-6-12-18)28-21(15-17-9-3-1-4-10-17)24-26-19-13-7-8-14-20(19)27-24/h1-14,21,23H,15-16H2,(H,26,27)(H,28,30)/t21-,23?/m0/s1. The van der Waals surface area contributed by atoms with Crippen LogP contribution >= 0.6 is 0 Å². The van der Waals surface area contributed by atoms with Gasteiger partial charge in [-0.15, -0.1) is 0 Å². The number of amides is 1. The van der Waals surface area contributed by atoms with Gasteiger partial charge in [0.2, 0.25) is 0 Å². The second kappa shape index (κ2) is 8.44. The maximum Gasteiger partial charge on any atom is 0.269 e. The number of hydrogen-bond donors (Lipinski definition) is 2. The first-order chi connectivity index (χ1) is 15.3. The summed E-state index contributed by atoms with van der Waals surface area (Å²) in [6, 6.07) is 27.4. The molecule has 0 bridgehead atoms. The van der Waals surface area contributed by atoms with Crippen LogP contribution in [0, 0.1) is 0 Å². The van der Waals surface area contributed by atoms with Crippen molar-refractivity contribution >= 4 is 22.7 Å². The van der Waals surface area contributed by atoms with Crippen molar-refractivity contribution in [2.75, 3.05) is 0 Å². The van der Waals surface area contributed by atoms with E-state index in [1.54, 1.807) is 0 Å². The van der Waals surface area contributed by atoms with E-state index in [4.69, 9.17) is 9.82 Å². The molecule has 0 saturated heterocycles. The monoisotopic (exact) mass is 410 g/mol. The van der Waals surface area contributed by atoms with Crippen molar-refractivity contribution in [2.24, 2.45) is 5.16 Å². The first-order valence-corrected chi connectivity index (χ1v) is 10.3. The number of benzene rings is 3. The number of hydrogen-bond acceptors (Lipinski definition) is 4. The van der Waals surface area contributed by atoms with Gasteiger partial charge in [0, 0.05) is 6.42 Å². The van der Waals surface area contributed by atoms with Crippen LogP contribution in [0.4, 0.5) is 0 Å². The fourth-order valence-corrected chi connectivity index (χ4v) is 3.80. The Balaban J connectivity index is 1.36. The summed E-state index contributed by atoms with van der Waals surface area (Å²) in [5.41, 5.74) is 4.32. The third-order valence-electron chi connectivity index (χ3n) is 5.43. The number of carbonyl (C=O) groups excluding carboxylic acids is 1. The van der Waals surface area contributed by atoms with Crippen LogP contribution in [0.25, 0.3) is 11.0 Å². The molecule has 0 fully saturated rings. The van der Waals surface area contributed by atoms with Gasteiger partial charge < -0.3 is 15.1 Å². The Morgan fingerprint density at radius 3 is 2.48 bits per heavy atom. The lowest BCUT2D eigenvalue weighted by atomic mass is 10.0. The zero-order valence-corrected chi connectivity index (χ0v) is 16.9. The van der Waals surface area contributed by atoms with Gasteiger partial charge in [0.05, 0.1) is 17.1 Å². The van der Waals surface area contributed by atoms with Gasteiger partial charge in [-0.25, -0.2) is 4.98 Å². The van der Waals surface area contributed by atoms with Crippen LogP contribution in [0.15, 0.2) is 90.1 Å². The maximum atomic E-state index is 13.0. The summed E-state index contributed by atoms with van der Waals surface area (Å²) in [4.78, 5) is 26.6. The van der Waals surface area contributed by atoms with E-state index in [1.807, 2.05) is 84.9 Å². The summed E-state index contributed by atoms with van der Waals surface area (Å²) < 4.78 is 0. The van der Waals surface area contributed by atoms with Crippen molar-refractivity contribution in [2.45, 2.75) is 25.0 Å². The first-order valence-electron chi connectivity index (χ1n) is 10.3. The minimum Gasteiger partial charge on any atom is -0.387 e. The second-order valence-corrected chi connectivity index (χ2v) is 7.60. The number of nitrogens with one attached hydrogen (secondary N) is 2. The second-order valence-electron chi connectivity index (χ2n) is 7.60. The van der Waals surface area contributed by atoms with Gasteiger partial charge in [-0.3, -0.25) is 4.79 Å². The molecule has 1 amide bonds. The first kappa shape index (κ1) is 19.1. The number of H-pyrrole nitrogens is 1. The van der Waals surface area contributed by atoms with E-state index in [-0.39, 0.29) is 18.1 Å². The third kappa shape index (κ3) is 4.19. The Morgan fingerprint density at radius 2 is 1.71 bits per heavy atom. The molecule has 1 aliphatic rings. The van der Waals surface area contributed by atoms with Crippen LogP contribution < -0.4 is 5.32 Å². The molecule has 0 saturated carbocycles. The fourth-order valence-electron chi connectivity index (χ4n) is 3.80. The summed E-state index contributed by atoms with van der Waals surface area (Å²) in [7, 11) is 0. The van der Waals surface area contributed by atoms with E-state index in [2.05, 4.69) is 15.5 Å². The molecule has 1 aliphatic heterocycles. The summed E-state index contributed by atoms with van der Waals surface area (Å²) >= 11 is 0. The molecule has 1 unspecified atom stereocenters. The summed E-state index contributed by atoms with van der Waals surface area (Å²) in [6.45, 7) is 0. The molecule has 2 atom stereocenters. The number of nitrogens with zero attached hydrogens (tertiary/aromatic N) is 2. The van der Waals surface area contributed by atoms with Gasteiger partial charge in [-0.2, -0.15) is 0 Å². The normalized spacial score (nSPS) is 16.5. The molecule has 31 heavy (non-hydrogen) atoms. The highest BCUT2D eigenvalue weighted by Crippen LogP contribution is 2.27. The lowest BCUT2D eigenvalue weighted by Gasteiger charge is -2.17. The van der Waals surface area contributed by atoms with Crippen molar-refractivity contribution in [1.29, 1.82) is 0 Å². The molecule has 3 aromatic carbocycles. The smallest absolute Gasteiger partial charge is 0.269 e. The average Bonchev–Trinajstić information content (AvgIpc) is 3.48. The topological polar surface area (TPSA) is 79.4 Å². The molecule has 6 nitrogen and oxygen atoms in total. The van der Waals surface area contributed by atoms with E-state index in [0.29, 0.717) is 18.6 Å². The predicted octanol–water partition coefficient (Wildman–Crippen LogP) is 4.48. The fraction of sp³-hybridized carbons (Fsp3) is 0.160. The molecule has 4 aromatic rings. The summed E-state index contributed by atoms with van der Waals surface area (Å²) in [6.07, 6.45) is 0.817. The number of aromatic amines is 1. The number of para-hydroxylation sites is 2. The highest BCUT2D eigenvalue weighted by atomic mass is 16.6. The number of fused-ring (bicyclic) bond motifs is 1. The third-order valence-corrected chi connectivity index (χ3v) is 5.43. The SMILES string of the molecule is O=C(N[C@@H](Cc1ccccc1)c1nc2ccccc2[nH]1)C1=NOC(c2ccccc2)C1. The molecule has 2 heterocycles. The molecule has 0 aliphatic carbocycles. The van der Waals surface area contributed by atoms with Crippen molar-refractivity contribution in [3.05, 3.63) is 102 Å². The Bertz CT molecular complexity index is 1190. The zero-order valence-electron chi connectivity index (χ0n) is 16.9. The van der Waals surface area contributed by atoms with E-state index < -0.39 is 0 Å². The van der Waals surface area contributed by atoms with Crippen molar-refractivity contribution in [3.8, 4) is 0 Å². The molecule has 0 spiro atoms. The van der Waals surface area contributed by atoms with Crippen molar-refractivity contribution in [1.82, 2.24) is 15.3 Å². The lowest BCUT2D eigenvalue weighted by Crippen LogP contribution is -2.35. The number of carbonyl (C=O) groups is 1. The van der Waals surface area contributed by atoms with Crippen molar-refractivity contribution in [3.63, 3.8) is 0 Å². The molecular formula is C25H22N4O2. The predicted molar refractivity (Wildman–Crippen MR) is 119 cm³/mol. The highest BCUT2D eigenvalue weighted by molar-refractivity contribution is 6.39. The largest absolute Gasteiger partial charge is 0.387 e. The number of rotatable bonds is 6. The molecule has 6 heteroatoms. The van der Waals surface area contributed by atoms with Gasteiger partial charge in [0.15, 0.2) is 6.10 Å². The Hall–Kier alpha value is -3.93. The molecule has 0 radical (unpaired) electrons. The number of imidazole rings is 1. The van der Waals surface area contributed by atoms with Gasteiger partial charge in [-0.05, 0) is 29.7 Å². The average molecular weight is 410 g/mol. The van der Waals surface area contributed by atoms with Crippen LogP contribution in [0.5, 0.6) is 0 Å². The van der Waals surface area contributed by atoms with E-state index in [0.717, 1.165) is 28.0 Å². The quantitative estimate of drug-likeness (QED) is 0.492. The minimum atomic E-state index is -0.319. The Labute approximate surface area is 180 Å². The zero-order chi connectivity index (χ0) is 21.0. The maximum absolute atomic E-state index is 13.0. The number of aromatic nitrogens is 2. The summed E-state index contributed by atoms with van der Waals surface area (Å²) in [5.74, 6) is 0.484. The van der Waals surface area contributed by atoms with Gasteiger partial charge in [0.1, 0.15) is 11.5 Å². The van der Waals surface area contributed by atoms with Crippen LogP contribution in [0.1, 0.15) is 35.5 Å². The molecule has 5 rings (SSSR count). The van der Waals surface area contributed by atoms with Crippen LogP contribution in [0.2, 0.25) is 0 Å². The van der Waals surface area contributed by atoms with E-state index in [1.165, 1.54) is 0 Å². The Kier molecular flexibility index (Phi) is 5.19. The summed E-state index contributed by atoms with van der Waals surface area (Å²) in [5, 5.41) is 7.18. The van der Waals surface area contributed by atoms with Crippen molar-refractivity contribution < 1.29 is 9.63 Å². The number of oxime groups is 1. The van der Waals surface area contributed by atoms with E-state index >= 15 is 0 Å².